The van der Waals surface area contributed by atoms with Crippen molar-refractivity contribution in [2.45, 2.75) is 13.0 Å². The molecule has 0 aliphatic heterocycles. The van der Waals surface area contributed by atoms with Gasteiger partial charge >= 0.3 is 0 Å². The fraction of sp³-hybridized carbons (Fsp3) is 0.273. The van der Waals surface area contributed by atoms with Gasteiger partial charge in [-0.25, -0.2) is 4.63 Å². The zero-order valence-corrected chi connectivity index (χ0v) is 8.67. The third-order valence-corrected chi connectivity index (χ3v) is 2.09. The zero-order chi connectivity index (χ0) is 11.2. The molecule has 1 aromatic carbocycles. The van der Waals surface area contributed by atoms with Gasteiger partial charge in [0.05, 0.1) is 0 Å². The maximum Gasteiger partial charge on any atom is 0.279 e. The number of aliphatic hydroxyl groups is 1. The summed E-state index contributed by atoms with van der Waals surface area (Å²) in [5.74, 6) is 0.345. The van der Waals surface area contributed by atoms with Crippen LogP contribution < -0.4 is 4.74 Å². The van der Waals surface area contributed by atoms with Gasteiger partial charge in [-0.05, 0) is 10.7 Å². The Bertz CT molecular complexity index is 428. The molecule has 2 rings (SSSR count). The molecule has 0 saturated carbocycles. The molecule has 84 valence electrons. The van der Waals surface area contributed by atoms with Gasteiger partial charge in [-0.1, -0.05) is 35.5 Å². The summed E-state index contributed by atoms with van der Waals surface area (Å²) in [5, 5.41) is 16.1. The van der Waals surface area contributed by atoms with Crippen LogP contribution >= 0.6 is 0 Å². The summed E-state index contributed by atoms with van der Waals surface area (Å²) in [6.07, 6.45) is 0.383. The highest BCUT2D eigenvalue weighted by Crippen LogP contribution is 2.14. The maximum absolute atomic E-state index is 8.78. The molecule has 0 aliphatic rings. The van der Waals surface area contributed by atoms with Gasteiger partial charge in [-0.2, -0.15) is 0 Å². The quantitative estimate of drug-likeness (QED) is 0.819. The van der Waals surface area contributed by atoms with E-state index >= 15 is 0 Å². The second-order valence-electron chi connectivity index (χ2n) is 3.26. The Labute approximate surface area is 92.6 Å². The predicted octanol–water partition coefficient (Wildman–Crippen LogP) is 1.18. The lowest BCUT2D eigenvalue weighted by molar-refractivity contribution is 0.249. The number of aliphatic hydroxyl groups excluding tert-OH is 1. The molecule has 1 heterocycles. The van der Waals surface area contributed by atoms with Crippen molar-refractivity contribution in [3.63, 3.8) is 0 Å². The van der Waals surface area contributed by atoms with Crippen molar-refractivity contribution in [1.82, 2.24) is 10.3 Å². The minimum absolute atomic E-state index is 0.00406. The number of nitrogens with zero attached hydrogens (tertiary/aromatic N) is 2. The van der Waals surface area contributed by atoms with Gasteiger partial charge in [0.25, 0.3) is 5.88 Å². The van der Waals surface area contributed by atoms with Gasteiger partial charge in [0.15, 0.2) is 5.69 Å². The van der Waals surface area contributed by atoms with E-state index in [1.165, 1.54) is 0 Å². The topological polar surface area (TPSA) is 68.4 Å². The number of ether oxygens (including phenoxy) is 1. The molecule has 0 saturated heterocycles. The molecule has 0 bridgehead atoms. The monoisotopic (exact) mass is 220 g/mol. The fourth-order valence-electron chi connectivity index (χ4n) is 1.29. The third-order valence-electron chi connectivity index (χ3n) is 2.09. The normalized spacial score (nSPS) is 10.3. The Morgan fingerprint density at radius 2 is 2.00 bits per heavy atom. The lowest BCUT2D eigenvalue weighted by Gasteiger charge is -2.02. The highest BCUT2D eigenvalue weighted by atomic mass is 16.6. The van der Waals surface area contributed by atoms with Crippen LogP contribution in [0.4, 0.5) is 0 Å². The van der Waals surface area contributed by atoms with Crippen LogP contribution in [0.15, 0.2) is 35.0 Å². The molecule has 5 heteroatoms. The number of benzene rings is 1. The standard InChI is InChI=1S/C11H12N2O3/c14-7-6-10-11(13-16-12-10)15-8-9-4-2-1-3-5-9/h1-5,14H,6-8H2. The summed E-state index contributed by atoms with van der Waals surface area (Å²) in [6, 6.07) is 9.74. The van der Waals surface area contributed by atoms with Crippen molar-refractivity contribution in [3.05, 3.63) is 41.6 Å². The van der Waals surface area contributed by atoms with E-state index in [0.717, 1.165) is 5.56 Å². The van der Waals surface area contributed by atoms with Crippen LogP contribution in [-0.2, 0) is 13.0 Å². The number of hydrogen-bond acceptors (Lipinski definition) is 5. The minimum Gasteiger partial charge on any atom is -0.469 e. The molecule has 5 nitrogen and oxygen atoms in total. The Balaban J connectivity index is 1.97. The molecule has 2 aromatic rings. The van der Waals surface area contributed by atoms with Gasteiger partial charge in [0, 0.05) is 13.0 Å². The summed E-state index contributed by atoms with van der Waals surface area (Å²) in [7, 11) is 0. The minimum atomic E-state index is -0.00406. The third kappa shape index (κ3) is 2.58. The molecule has 0 fully saturated rings. The van der Waals surface area contributed by atoms with E-state index in [1.807, 2.05) is 30.3 Å². The maximum atomic E-state index is 8.78. The summed E-state index contributed by atoms with van der Waals surface area (Å²) in [4.78, 5) is 0. The molecule has 0 unspecified atom stereocenters. The second-order valence-corrected chi connectivity index (χ2v) is 3.26. The summed E-state index contributed by atoms with van der Waals surface area (Å²) in [6.45, 7) is 0.406. The Morgan fingerprint density at radius 1 is 1.19 bits per heavy atom. The number of aromatic nitrogens is 2. The summed E-state index contributed by atoms with van der Waals surface area (Å²) < 4.78 is 9.99. The molecule has 1 aromatic heterocycles. The average Bonchev–Trinajstić information content (AvgIpc) is 2.76. The van der Waals surface area contributed by atoms with E-state index in [-0.39, 0.29) is 6.61 Å². The average molecular weight is 220 g/mol. The molecular formula is C11H12N2O3. The van der Waals surface area contributed by atoms with Crippen molar-refractivity contribution >= 4 is 0 Å². The Morgan fingerprint density at radius 3 is 2.75 bits per heavy atom. The van der Waals surface area contributed by atoms with Crippen molar-refractivity contribution in [3.8, 4) is 5.88 Å². The molecule has 0 aliphatic carbocycles. The molecule has 0 spiro atoms. The first-order valence-electron chi connectivity index (χ1n) is 4.99. The first kappa shape index (κ1) is 10.6. The van der Waals surface area contributed by atoms with Crippen LogP contribution in [0.5, 0.6) is 5.88 Å². The van der Waals surface area contributed by atoms with E-state index < -0.39 is 0 Å². The molecule has 16 heavy (non-hydrogen) atoms. The predicted molar refractivity (Wildman–Crippen MR) is 55.9 cm³/mol. The van der Waals surface area contributed by atoms with Crippen molar-refractivity contribution in [1.29, 1.82) is 0 Å². The smallest absolute Gasteiger partial charge is 0.279 e. The highest BCUT2D eigenvalue weighted by molar-refractivity contribution is 5.17. The summed E-state index contributed by atoms with van der Waals surface area (Å²) in [5.41, 5.74) is 1.58. The van der Waals surface area contributed by atoms with E-state index in [9.17, 15) is 0 Å². The SMILES string of the molecule is OCCc1nonc1OCc1ccccc1. The first-order valence-corrected chi connectivity index (χ1v) is 4.99. The Hall–Kier alpha value is -1.88. The van der Waals surface area contributed by atoms with Gasteiger partial charge in [0.1, 0.15) is 6.61 Å². The molecular weight excluding hydrogens is 208 g/mol. The van der Waals surface area contributed by atoms with Crippen molar-refractivity contribution in [2.24, 2.45) is 0 Å². The lowest BCUT2D eigenvalue weighted by Crippen LogP contribution is -1.99. The number of rotatable bonds is 5. The largest absolute Gasteiger partial charge is 0.469 e. The van der Waals surface area contributed by atoms with E-state index in [1.54, 1.807) is 0 Å². The van der Waals surface area contributed by atoms with Crippen LogP contribution in [0.25, 0.3) is 0 Å². The van der Waals surface area contributed by atoms with Gasteiger partial charge in [-0.3, -0.25) is 0 Å². The van der Waals surface area contributed by atoms with Crippen LogP contribution in [0.1, 0.15) is 11.3 Å². The second kappa shape index (κ2) is 5.27. The van der Waals surface area contributed by atoms with Crippen LogP contribution in [-0.4, -0.2) is 22.0 Å². The Kier molecular flexibility index (Phi) is 3.50. The van der Waals surface area contributed by atoms with Gasteiger partial charge < -0.3 is 9.84 Å². The molecule has 1 N–H and O–H groups in total. The van der Waals surface area contributed by atoms with E-state index in [0.29, 0.717) is 24.6 Å². The fourth-order valence-corrected chi connectivity index (χ4v) is 1.29. The van der Waals surface area contributed by atoms with Crippen LogP contribution in [0.2, 0.25) is 0 Å². The first-order chi connectivity index (χ1) is 7.90. The molecule has 0 atom stereocenters. The molecule has 0 radical (unpaired) electrons. The zero-order valence-electron chi connectivity index (χ0n) is 8.67. The number of hydrogen-bond donors (Lipinski definition) is 1. The molecule has 0 amide bonds. The highest BCUT2D eigenvalue weighted by Gasteiger charge is 2.10. The van der Waals surface area contributed by atoms with Crippen LogP contribution in [0, 0.1) is 0 Å². The van der Waals surface area contributed by atoms with E-state index in [4.69, 9.17) is 9.84 Å². The van der Waals surface area contributed by atoms with Crippen LogP contribution in [0.3, 0.4) is 0 Å². The lowest BCUT2D eigenvalue weighted by atomic mass is 10.2. The van der Waals surface area contributed by atoms with Gasteiger partial charge in [-0.15, -0.1) is 0 Å². The van der Waals surface area contributed by atoms with Crippen molar-refractivity contribution < 1.29 is 14.5 Å². The summed E-state index contributed by atoms with van der Waals surface area (Å²) >= 11 is 0. The van der Waals surface area contributed by atoms with Gasteiger partial charge in [0.2, 0.25) is 0 Å². The van der Waals surface area contributed by atoms with Crippen molar-refractivity contribution in [2.75, 3.05) is 6.61 Å². The van der Waals surface area contributed by atoms with E-state index in [2.05, 4.69) is 14.9 Å².